The van der Waals surface area contributed by atoms with Crippen LogP contribution >= 0.6 is 0 Å². The standard InChI is InChI=1S/C73H135NO10/c1-4-7-10-13-16-19-22-25-27-29-31-33-35-36-38-40-42-45-48-51-54-57-60-66(77)72(81)74-64(65(76)59-56-53-50-47-44-24-21-18-15-12-9-6-3)63-82-73-71(70(80)69(79)67(62-75)83-73)84-68(78)61-58-55-52-49-46-43-41-39-37-34-32-30-28-26-23-20-17-14-11-8-5-2/h16,19,25-28,56,59,64-67,69-71,73,75-77,79-80H,4-15,17-18,20-24,29-55,57-58,60-63H2,1-3H3,(H,74,81)/b19-16-,27-25-,28-26+,59-56+. The molecule has 1 aliphatic heterocycles. The summed E-state index contributed by atoms with van der Waals surface area (Å²) in [6.45, 7) is 5.81. The molecular weight excluding hydrogens is 1050 g/mol. The molecule has 0 aromatic carbocycles. The van der Waals surface area contributed by atoms with Gasteiger partial charge in [0.2, 0.25) is 5.91 Å². The third-order valence-corrected chi connectivity index (χ3v) is 17.0. The van der Waals surface area contributed by atoms with Crippen molar-refractivity contribution in [2.45, 2.75) is 391 Å². The molecule has 492 valence electrons. The van der Waals surface area contributed by atoms with Crippen LogP contribution in [0.15, 0.2) is 48.6 Å². The molecule has 8 atom stereocenters. The van der Waals surface area contributed by atoms with E-state index in [4.69, 9.17) is 14.2 Å². The first-order valence-electron chi connectivity index (χ1n) is 35.9. The Labute approximate surface area is 516 Å². The number of ether oxygens (including phenoxy) is 3. The number of allylic oxidation sites excluding steroid dienone is 7. The normalized spacial score (nSPS) is 18.7. The van der Waals surface area contributed by atoms with E-state index in [9.17, 15) is 35.1 Å². The van der Waals surface area contributed by atoms with Gasteiger partial charge in [0.25, 0.3) is 0 Å². The molecule has 0 aromatic heterocycles. The van der Waals surface area contributed by atoms with Crippen LogP contribution in [0.3, 0.4) is 0 Å². The van der Waals surface area contributed by atoms with Crippen molar-refractivity contribution < 1.29 is 49.3 Å². The van der Waals surface area contributed by atoms with Crippen LogP contribution in [0.2, 0.25) is 0 Å². The molecule has 84 heavy (non-hydrogen) atoms. The van der Waals surface area contributed by atoms with Crippen molar-refractivity contribution in [1.82, 2.24) is 5.32 Å². The largest absolute Gasteiger partial charge is 0.454 e. The molecule has 1 heterocycles. The van der Waals surface area contributed by atoms with Gasteiger partial charge < -0.3 is 45.1 Å². The fourth-order valence-corrected chi connectivity index (χ4v) is 11.3. The van der Waals surface area contributed by atoms with Gasteiger partial charge in [-0.1, -0.05) is 301 Å². The number of amides is 1. The van der Waals surface area contributed by atoms with Crippen molar-refractivity contribution >= 4 is 11.9 Å². The first kappa shape index (κ1) is 79.6. The van der Waals surface area contributed by atoms with Crippen molar-refractivity contribution in [3.05, 3.63) is 48.6 Å². The molecule has 1 amide bonds. The number of rotatable bonds is 62. The van der Waals surface area contributed by atoms with E-state index in [1.54, 1.807) is 6.08 Å². The summed E-state index contributed by atoms with van der Waals surface area (Å²) in [5.74, 6) is -1.18. The van der Waals surface area contributed by atoms with Crippen LogP contribution < -0.4 is 5.32 Å². The first-order chi connectivity index (χ1) is 41.2. The highest BCUT2D eigenvalue weighted by molar-refractivity contribution is 5.80. The maximum absolute atomic E-state index is 13.5. The van der Waals surface area contributed by atoms with Gasteiger partial charge in [0, 0.05) is 6.42 Å². The Morgan fingerprint density at radius 2 is 0.821 bits per heavy atom. The van der Waals surface area contributed by atoms with E-state index in [1.807, 2.05) is 6.08 Å². The number of aliphatic hydroxyl groups excluding tert-OH is 5. The lowest BCUT2D eigenvalue weighted by atomic mass is 9.99. The molecule has 0 aliphatic carbocycles. The molecule has 1 aliphatic rings. The highest BCUT2D eigenvalue weighted by Gasteiger charge is 2.47. The lowest BCUT2D eigenvalue weighted by Gasteiger charge is -2.41. The smallest absolute Gasteiger partial charge is 0.306 e. The average Bonchev–Trinajstić information content (AvgIpc) is 3.55. The van der Waals surface area contributed by atoms with Gasteiger partial charge in [0.1, 0.15) is 24.4 Å². The summed E-state index contributed by atoms with van der Waals surface area (Å²) in [4.78, 5) is 26.7. The molecule has 8 unspecified atom stereocenters. The zero-order chi connectivity index (χ0) is 61.0. The summed E-state index contributed by atoms with van der Waals surface area (Å²) in [6.07, 6.45) is 65.8. The van der Waals surface area contributed by atoms with Crippen LogP contribution in [-0.2, 0) is 23.8 Å². The summed E-state index contributed by atoms with van der Waals surface area (Å²) >= 11 is 0. The molecule has 1 rings (SSSR count). The number of carbonyl (C=O) groups excluding carboxylic acids is 2. The number of aliphatic hydroxyl groups is 5. The monoisotopic (exact) mass is 1190 g/mol. The maximum Gasteiger partial charge on any atom is 0.306 e. The molecule has 0 saturated carbocycles. The SMILES string of the molecule is CCCCC/C=C\C/C=C\CCCCCCCCCCCCCCC(O)C(=O)NC(COC1OC(CO)C(O)C(O)C1OC(=O)CCCCCCCCCCCCC/C=C/CCCCCCCC)C(O)/C=C/CCCCCCCCCCCC. The predicted octanol–water partition coefficient (Wildman–Crippen LogP) is 18.3. The predicted molar refractivity (Wildman–Crippen MR) is 352 cm³/mol. The van der Waals surface area contributed by atoms with Gasteiger partial charge in [0.05, 0.1) is 25.4 Å². The zero-order valence-corrected chi connectivity index (χ0v) is 54.8. The van der Waals surface area contributed by atoms with Gasteiger partial charge in [0.15, 0.2) is 12.4 Å². The fraction of sp³-hybridized carbons (Fsp3) is 0.863. The van der Waals surface area contributed by atoms with Crippen LogP contribution in [0.5, 0.6) is 0 Å². The molecular formula is C73H135NO10. The molecule has 0 spiro atoms. The molecule has 1 saturated heterocycles. The van der Waals surface area contributed by atoms with E-state index in [-0.39, 0.29) is 13.0 Å². The second-order valence-electron chi connectivity index (χ2n) is 25.0. The molecule has 1 fully saturated rings. The molecule has 11 nitrogen and oxygen atoms in total. The van der Waals surface area contributed by atoms with Gasteiger partial charge >= 0.3 is 5.97 Å². The van der Waals surface area contributed by atoms with Crippen LogP contribution in [0.1, 0.15) is 342 Å². The van der Waals surface area contributed by atoms with E-state index in [0.29, 0.717) is 19.3 Å². The summed E-state index contributed by atoms with van der Waals surface area (Å²) < 4.78 is 17.7. The molecule has 6 N–H and O–H groups in total. The summed E-state index contributed by atoms with van der Waals surface area (Å²) in [6, 6.07) is -1.02. The number of esters is 1. The van der Waals surface area contributed by atoms with Crippen LogP contribution in [0, 0.1) is 0 Å². The van der Waals surface area contributed by atoms with Crippen molar-refractivity contribution in [2.75, 3.05) is 13.2 Å². The lowest BCUT2D eigenvalue weighted by molar-refractivity contribution is -0.305. The van der Waals surface area contributed by atoms with E-state index < -0.39 is 67.4 Å². The maximum atomic E-state index is 13.5. The third-order valence-electron chi connectivity index (χ3n) is 17.0. The Bertz CT molecular complexity index is 1550. The highest BCUT2D eigenvalue weighted by Crippen LogP contribution is 2.26. The Hall–Kier alpha value is -2.38. The Balaban J connectivity index is 2.57. The topological polar surface area (TPSA) is 175 Å². The van der Waals surface area contributed by atoms with Crippen molar-refractivity contribution in [2.24, 2.45) is 0 Å². The van der Waals surface area contributed by atoms with E-state index in [0.717, 1.165) is 64.2 Å². The van der Waals surface area contributed by atoms with Crippen molar-refractivity contribution in [3.63, 3.8) is 0 Å². The minimum Gasteiger partial charge on any atom is -0.454 e. The summed E-state index contributed by atoms with van der Waals surface area (Å²) in [7, 11) is 0. The van der Waals surface area contributed by atoms with E-state index >= 15 is 0 Å². The van der Waals surface area contributed by atoms with Gasteiger partial charge in [-0.15, -0.1) is 0 Å². The second-order valence-corrected chi connectivity index (χ2v) is 25.0. The lowest BCUT2D eigenvalue weighted by Crippen LogP contribution is -2.61. The minimum absolute atomic E-state index is 0.125. The molecule has 0 radical (unpaired) electrons. The number of unbranched alkanes of at least 4 members (excludes halogenated alkanes) is 42. The van der Waals surface area contributed by atoms with Gasteiger partial charge in [-0.05, 0) is 83.5 Å². The summed E-state index contributed by atoms with van der Waals surface area (Å²) in [5, 5.41) is 57.3. The third kappa shape index (κ3) is 47.7. The molecule has 0 aromatic rings. The van der Waals surface area contributed by atoms with Crippen LogP contribution in [0.25, 0.3) is 0 Å². The van der Waals surface area contributed by atoms with Gasteiger partial charge in [-0.2, -0.15) is 0 Å². The van der Waals surface area contributed by atoms with E-state index in [2.05, 4.69) is 62.5 Å². The van der Waals surface area contributed by atoms with E-state index in [1.165, 1.54) is 231 Å². The highest BCUT2D eigenvalue weighted by atomic mass is 16.7. The molecule has 0 bridgehead atoms. The average molecular weight is 1190 g/mol. The second kappa shape index (κ2) is 60.9. The minimum atomic E-state index is -1.61. The van der Waals surface area contributed by atoms with Crippen molar-refractivity contribution in [1.29, 1.82) is 0 Å². The Morgan fingerprint density at radius 1 is 0.464 bits per heavy atom. The zero-order valence-electron chi connectivity index (χ0n) is 54.8. The summed E-state index contributed by atoms with van der Waals surface area (Å²) in [5.41, 5.74) is 0. The number of hydrogen-bond donors (Lipinski definition) is 6. The van der Waals surface area contributed by atoms with Crippen LogP contribution in [0.4, 0.5) is 0 Å². The fourth-order valence-electron chi connectivity index (χ4n) is 11.3. The number of nitrogens with one attached hydrogen (secondary N) is 1. The van der Waals surface area contributed by atoms with Crippen molar-refractivity contribution in [3.8, 4) is 0 Å². The number of carbonyl (C=O) groups is 2. The Morgan fingerprint density at radius 3 is 1.25 bits per heavy atom. The quantitative estimate of drug-likeness (QED) is 0.0195. The van der Waals surface area contributed by atoms with Gasteiger partial charge in [-0.25, -0.2) is 0 Å². The first-order valence-corrected chi connectivity index (χ1v) is 35.9. The Kier molecular flexibility index (Phi) is 57.7. The molecule has 11 heteroatoms. The number of hydrogen-bond acceptors (Lipinski definition) is 10. The van der Waals surface area contributed by atoms with Crippen LogP contribution in [-0.4, -0.2) is 99.6 Å². The van der Waals surface area contributed by atoms with Gasteiger partial charge in [-0.3, -0.25) is 9.59 Å².